The molecule has 1 amide bonds. The smallest absolute Gasteiger partial charge is 0.217 e. The van der Waals surface area contributed by atoms with Crippen LogP contribution < -0.4 is 4.72 Å². The Kier molecular flexibility index (Phi) is 3.56. The van der Waals surface area contributed by atoms with Gasteiger partial charge in [-0.3, -0.25) is 9.52 Å². The Morgan fingerprint density at radius 3 is 2.80 bits per heavy atom. The number of morpholine rings is 1. The molecule has 4 nitrogen and oxygen atoms in total. The largest absolute Gasteiger partial charge is 0.379 e. The molecule has 0 radical (unpaired) electrons. The van der Waals surface area contributed by atoms with E-state index in [0.29, 0.717) is 6.41 Å². The second kappa shape index (κ2) is 4.54. The Morgan fingerprint density at radius 1 is 1.50 bits per heavy atom. The molecule has 10 heavy (non-hydrogen) atoms. The highest BCUT2D eigenvalue weighted by Gasteiger charge is 2.09. The van der Waals surface area contributed by atoms with E-state index >= 15 is 0 Å². The predicted molar refractivity (Wildman–Crippen MR) is 39.2 cm³/mol. The molecule has 1 aliphatic heterocycles. The standard InChI is InChI=1S/C5H10N2O2S/c8-5-6-10-7-1-3-9-4-2-7/h5H,1-4H2,(H,6,8). The minimum Gasteiger partial charge on any atom is -0.379 e. The molecule has 0 aliphatic carbocycles. The highest BCUT2D eigenvalue weighted by molar-refractivity contribution is 7.95. The molecule has 0 aromatic heterocycles. The third-order valence-electron chi connectivity index (χ3n) is 1.20. The molecule has 0 saturated carbocycles. The summed E-state index contributed by atoms with van der Waals surface area (Å²) < 4.78 is 9.69. The van der Waals surface area contributed by atoms with Crippen LogP contribution >= 0.6 is 12.1 Å². The summed E-state index contributed by atoms with van der Waals surface area (Å²) in [6, 6.07) is 0. The Bertz CT molecular complexity index is 106. The quantitative estimate of drug-likeness (QED) is 0.454. The number of carbonyl (C=O) groups is 1. The van der Waals surface area contributed by atoms with E-state index in [9.17, 15) is 4.79 Å². The molecule has 0 aromatic carbocycles. The molecule has 1 aliphatic rings. The van der Waals surface area contributed by atoms with Gasteiger partial charge in [0.2, 0.25) is 6.41 Å². The zero-order valence-electron chi connectivity index (χ0n) is 5.58. The van der Waals surface area contributed by atoms with Crippen LogP contribution in [0.15, 0.2) is 0 Å². The fraction of sp³-hybridized carbons (Fsp3) is 0.800. The monoisotopic (exact) mass is 162 g/mol. The summed E-state index contributed by atoms with van der Waals surface area (Å²) in [7, 11) is 0. The lowest BCUT2D eigenvalue weighted by molar-refractivity contribution is -0.108. The highest BCUT2D eigenvalue weighted by Crippen LogP contribution is 2.06. The normalized spacial score (nSPS) is 20.4. The van der Waals surface area contributed by atoms with Gasteiger partial charge in [0.1, 0.15) is 0 Å². The first-order valence-electron chi connectivity index (χ1n) is 3.12. The first-order valence-corrected chi connectivity index (χ1v) is 3.89. The summed E-state index contributed by atoms with van der Waals surface area (Å²) in [5.74, 6) is 0. The maximum Gasteiger partial charge on any atom is 0.217 e. The van der Waals surface area contributed by atoms with Crippen molar-refractivity contribution in [3.63, 3.8) is 0 Å². The van der Waals surface area contributed by atoms with Crippen molar-refractivity contribution >= 4 is 18.5 Å². The highest BCUT2D eigenvalue weighted by atomic mass is 32.2. The third kappa shape index (κ3) is 2.55. The summed E-state index contributed by atoms with van der Waals surface area (Å²) in [6.07, 6.45) is 0.681. The average molecular weight is 162 g/mol. The van der Waals surface area contributed by atoms with Gasteiger partial charge in [0, 0.05) is 25.2 Å². The van der Waals surface area contributed by atoms with E-state index in [1.165, 1.54) is 12.1 Å². The van der Waals surface area contributed by atoms with Crippen molar-refractivity contribution in [3.05, 3.63) is 0 Å². The molecule has 0 aromatic rings. The molecular formula is C5H10N2O2S. The first-order chi connectivity index (χ1) is 4.93. The SMILES string of the molecule is O=CNSN1CCOCC1. The van der Waals surface area contributed by atoms with Gasteiger partial charge in [-0.15, -0.1) is 0 Å². The number of nitrogens with zero attached hydrogens (tertiary/aromatic N) is 1. The van der Waals surface area contributed by atoms with Gasteiger partial charge in [0.05, 0.1) is 13.2 Å². The van der Waals surface area contributed by atoms with Gasteiger partial charge < -0.3 is 4.74 Å². The summed E-state index contributed by atoms with van der Waals surface area (Å²) in [5.41, 5.74) is 0. The van der Waals surface area contributed by atoms with Crippen molar-refractivity contribution in [1.29, 1.82) is 0 Å². The molecular weight excluding hydrogens is 152 g/mol. The van der Waals surface area contributed by atoms with Gasteiger partial charge >= 0.3 is 0 Å². The number of carbonyl (C=O) groups excluding carboxylic acids is 1. The number of hydrogen-bond donors (Lipinski definition) is 1. The van der Waals surface area contributed by atoms with Crippen LogP contribution in [-0.4, -0.2) is 37.0 Å². The van der Waals surface area contributed by atoms with Gasteiger partial charge in [-0.25, -0.2) is 4.31 Å². The van der Waals surface area contributed by atoms with Gasteiger partial charge in [-0.05, 0) is 0 Å². The van der Waals surface area contributed by atoms with Crippen molar-refractivity contribution in [2.24, 2.45) is 0 Å². The number of nitrogens with one attached hydrogen (secondary N) is 1. The molecule has 1 rings (SSSR count). The third-order valence-corrected chi connectivity index (χ3v) is 2.02. The van der Waals surface area contributed by atoms with E-state index in [2.05, 4.69) is 9.03 Å². The lowest BCUT2D eigenvalue weighted by Gasteiger charge is -2.23. The second-order valence-electron chi connectivity index (χ2n) is 1.87. The van der Waals surface area contributed by atoms with Crippen LogP contribution in [0.5, 0.6) is 0 Å². The maximum atomic E-state index is 9.86. The predicted octanol–water partition coefficient (Wildman–Crippen LogP) is -0.372. The van der Waals surface area contributed by atoms with Crippen molar-refractivity contribution in [1.82, 2.24) is 9.03 Å². The van der Waals surface area contributed by atoms with Crippen LogP contribution in [0.1, 0.15) is 0 Å². The molecule has 0 spiro atoms. The number of amides is 1. The number of rotatable bonds is 3. The van der Waals surface area contributed by atoms with Crippen LogP contribution in [0.4, 0.5) is 0 Å². The second-order valence-corrected chi connectivity index (χ2v) is 2.80. The topological polar surface area (TPSA) is 41.6 Å². The average Bonchev–Trinajstić information content (AvgIpc) is 2.03. The van der Waals surface area contributed by atoms with Crippen molar-refractivity contribution in [3.8, 4) is 0 Å². The number of ether oxygens (including phenoxy) is 1. The maximum absolute atomic E-state index is 9.86. The van der Waals surface area contributed by atoms with Crippen LogP contribution in [0, 0.1) is 0 Å². The summed E-state index contributed by atoms with van der Waals surface area (Å²) in [6.45, 7) is 3.28. The molecule has 0 atom stereocenters. The Hall–Kier alpha value is -0.260. The van der Waals surface area contributed by atoms with Crippen LogP contribution in [0.25, 0.3) is 0 Å². The van der Waals surface area contributed by atoms with Crippen molar-refractivity contribution in [2.75, 3.05) is 26.3 Å². The Labute approximate surface area is 64.2 Å². The number of hydrogen-bond acceptors (Lipinski definition) is 4. The molecule has 58 valence electrons. The van der Waals surface area contributed by atoms with Crippen LogP contribution in [0.2, 0.25) is 0 Å². The lowest BCUT2D eigenvalue weighted by Crippen LogP contribution is -2.33. The lowest BCUT2D eigenvalue weighted by atomic mass is 10.5. The molecule has 5 heteroatoms. The summed E-state index contributed by atoms with van der Waals surface area (Å²) in [5, 5.41) is 0. The zero-order valence-corrected chi connectivity index (χ0v) is 6.39. The molecule has 0 unspecified atom stereocenters. The minimum atomic E-state index is 0.681. The molecule has 1 fully saturated rings. The van der Waals surface area contributed by atoms with Crippen LogP contribution in [0.3, 0.4) is 0 Å². The van der Waals surface area contributed by atoms with Crippen molar-refractivity contribution in [2.45, 2.75) is 0 Å². The van der Waals surface area contributed by atoms with Crippen molar-refractivity contribution < 1.29 is 9.53 Å². The fourth-order valence-corrected chi connectivity index (χ4v) is 1.26. The van der Waals surface area contributed by atoms with Gasteiger partial charge in [-0.2, -0.15) is 0 Å². The van der Waals surface area contributed by atoms with Gasteiger partial charge in [0.25, 0.3) is 0 Å². The van der Waals surface area contributed by atoms with E-state index in [1.807, 2.05) is 0 Å². The van der Waals surface area contributed by atoms with Gasteiger partial charge in [-0.1, -0.05) is 0 Å². The van der Waals surface area contributed by atoms with E-state index in [4.69, 9.17) is 4.74 Å². The van der Waals surface area contributed by atoms with E-state index in [0.717, 1.165) is 26.3 Å². The Morgan fingerprint density at radius 2 is 2.20 bits per heavy atom. The Balaban J connectivity index is 2.07. The minimum absolute atomic E-state index is 0.681. The first kappa shape index (κ1) is 7.84. The van der Waals surface area contributed by atoms with E-state index in [-0.39, 0.29) is 0 Å². The van der Waals surface area contributed by atoms with Crippen LogP contribution in [-0.2, 0) is 9.53 Å². The van der Waals surface area contributed by atoms with Gasteiger partial charge in [0.15, 0.2) is 0 Å². The molecule has 1 heterocycles. The zero-order chi connectivity index (χ0) is 7.23. The summed E-state index contributed by atoms with van der Waals surface area (Å²) >= 11 is 1.33. The van der Waals surface area contributed by atoms with E-state index < -0.39 is 0 Å². The van der Waals surface area contributed by atoms with E-state index in [1.54, 1.807) is 0 Å². The fourth-order valence-electron chi connectivity index (χ4n) is 0.734. The summed E-state index contributed by atoms with van der Waals surface area (Å²) in [4.78, 5) is 9.86. The molecule has 1 N–H and O–H groups in total. The molecule has 1 saturated heterocycles. The molecule has 0 bridgehead atoms.